The van der Waals surface area contributed by atoms with E-state index in [2.05, 4.69) is 29.6 Å². The number of fused-ring (bicyclic) bond motifs is 3. The molecule has 144 valence electrons. The van der Waals surface area contributed by atoms with E-state index in [-0.39, 0.29) is 11.3 Å². The van der Waals surface area contributed by atoms with Crippen molar-refractivity contribution in [3.8, 4) is 0 Å². The largest absolute Gasteiger partial charge is 0.340 e. The van der Waals surface area contributed by atoms with Crippen LogP contribution in [-0.2, 0) is 16.0 Å². The van der Waals surface area contributed by atoms with Crippen molar-refractivity contribution in [3.05, 3.63) is 35.4 Å². The van der Waals surface area contributed by atoms with Crippen LogP contribution in [0.4, 0.5) is 0 Å². The third-order valence-corrected chi connectivity index (χ3v) is 7.41. The van der Waals surface area contributed by atoms with Gasteiger partial charge < -0.3 is 10.2 Å². The molecule has 3 N–H and O–H groups in total. The summed E-state index contributed by atoms with van der Waals surface area (Å²) in [6, 6.07) is 8.06. The monoisotopic (exact) mass is 369 g/mol. The molecule has 1 aromatic carbocycles. The number of nitrogens with one attached hydrogen (secondary N) is 2. The Labute approximate surface area is 159 Å². The van der Waals surface area contributed by atoms with Crippen LogP contribution in [0.15, 0.2) is 24.3 Å². The van der Waals surface area contributed by atoms with Gasteiger partial charge in [-0.05, 0) is 54.6 Å². The molecule has 2 heterocycles. The maximum absolute atomic E-state index is 13.3. The molecular formula is C21H27N3O3. The van der Waals surface area contributed by atoms with Crippen molar-refractivity contribution in [1.82, 2.24) is 15.7 Å². The lowest BCUT2D eigenvalue weighted by Gasteiger charge is -2.37. The van der Waals surface area contributed by atoms with Crippen LogP contribution >= 0.6 is 0 Å². The molecule has 1 spiro atoms. The standard InChI is InChI=1S/C21H27N3O3/c25-19(23-27)16-9-21(7-8-21)12-22-18(16)20(26)24-10-14-6-5-13-3-1-2-4-15(13)17(14)11-24/h1-4,14,16-18,22,27H,5-12H2,(H,23,25)/t14?,16-,17?,18-/m0/s1. The summed E-state index contributed by atoms with van der Waals surface area (Å²) in [5.41, 5.74) is 4.75. The topological polar surface area (TPSA) is 81.7 Å². The quantitative estimate of drug-likeness (QED) is 0.544. The van der Waals surface area contributed by atoms with E-state index in [0.29, 0.717) is 18.3 Å². The predicted octanol–water partition coefficient (Wildman–Crippen LogP) is 1.44. The average Bonchev–Trinajstić information content (AvgIpc) is 3.30. The van der Waals surface area contributed by atoms with Crippen molar-refractivity contribution in [2.75, 3.05) is 19.6 Å². The third kappa shape index (κ3) is 2.86. The van der Waals surface area contributed by atoms with E-state index >= 15 is 0 Å². The highest BCUT2D eigenvalue weighted by atomic mass is 16.5. The SMILES string of the molecule is O=C(NO)[C@H]1CC2(CC2)CN[C@@H]1C(=O)N1CC2CCc3ccccc3C2C1. The summed E-state index contributed by atoms with van der Waals surface area (Å²) in [5, 5.41) is 12.5. The van der Waals surface area contributed by atoms with Gasteiger partial charge in [0.15, 0.2) is 0 Å². The molecule has 2 aliphatic carbocycles. The summed E-state index contributed by atoms with van der Waals surface area (Å²) in [7, 11) is 0. The molecular weight excluding hydrogens is 342 g/mol. The average molecular weight is 369 g/mol. The van der Waals surface area contributed by atoms with Gasteiger partial charge in [0.05, 0.1) is 12.0 Å². The fraction of sp³-hybridized carbons (Fsp3) is 0.619. The maximum atomic E-state index is 13.3. The summed E-state index contributed by atoms with van der Waals surface area (Å²) in [6.45, 7) is 2.30. The highest BCUT2D eigenvalue weighted by Gasteiger charge is 2.53. The van der Waals surface area contributed by atoms with E-state index in [1.54, 1.807) is 5.48 Å². The number of hydrogen-bond acceptors (Lipinski definition) is 4. The molecule has 27 heavy (non-hydrogen) atoms. The van der Waals surface area contributed by atoms with Gasteiger partial charge in [0.2, 0.25) is 11.8 Å². The van der Waals surface area contributed by atoms with E-state index in [9.17, 15) is 9.59 Å². The Morgan fingerprint density at radius 3 is 2.81 bits per heavy atom. The van der Waals surface area contributed by atoms with E-state index in [1.165, 1.54) is 11.1 Å². The van der Waals surface area contributed by atoms with Crippen molar-refractivity contribution >= 4 is 11.8 Å². The molecule has 6 heteroatoms. The number of hydroxylamine groups is 1. The molecule has 3 fully saturated rings. The van der Waals surface area contributed by atoms with Crippen molar-refractivity contribution in [3.63, 3.8) is 0 Å². The first-order valence-electron chi connectivity index (χ1n) is 10.1. The van der Waals surface area contributed by atoms with Gasteiger partial charge >= 0.3 is 0 Å². The summed E-state index contributed by atoms with van der Waals surface area (Å²) in [6.07, 6.45) is 5.08. The van der Waals surface area contributed by atoms with E-state index in [0.717, 1.165) is 45.3 Å². The first-order chi connectivity index (χ1) is 13.1. The molecule has 1 saturated carbocycles. The molecule has 2 saturated heterocycles. The number of carbonyl (C=O) groups excluding carboxylic acids is 2. The Morgan fingerprint density at radius 1 is 1.22 bits per heavy atom. The number of aryl methyl sites for hydroxylation is 1. The fourth-order valence-electron chi connectivity index (χ4n) is 5.63. The minimum Gasteiger partial charge on any atom is -0.340 e. The van der Waals surface area contributed by atoms with Gasteiger partial charge in [-0.15, -0.1) is 0 Å². The number of likely N-dealkylation sites (tertiary alicyclic amines) is 1. The number of benzene rings is 1. The lowest BCUT2D eigenvalue weighted by molar-refractivity contribution is -0.144. The first kappa shape index (κ1) is 17.2. The van der Waals surface area contributed by atoms with Crippen LogP contribution in [0.1, 0.15) is 42.7 Å². The number of hydrogen-bond donors (Lipinski definition) is 3. The zero-order chi connectivity index (χ0) is 18.6. The van der Waals surface area contributed by atoms with E-state index in [1.807, 2.05) is 4.90 Å². The Morgan fingerprint density at radius 2 is 2.04 bits per heavy atom. The highest BCUT2D eigenvalue weighted by molar-refractivity contribution is 5.90. The summed E-state index contributed by atoms with van der Waals surface area (Å²) in [4.78, 5) is 27.5. The molecule has 2 aliphatic heterocycles. The third-order valence-electron chi connectivity index (χ3n) is 7.41. The van der Waals surface area contributed by atoms with Crippen molar-refractivity contribution in [1.29, 1.82) is 0 Å². The molecule has 0 radical (unpaired) electrons. The van der Waals surface area contributed by atoms with Crippen LogP contribution in [-0.4, -0.2) is 47.6 Å². The molecule has 0 aromatic heterocycles. The van der Waals surface area contributed by atoms with Crippen LogP contribution < -0.4 is 10.8 Å². The molecule has 4 aliphatic rings. The van der Waals surface area contributed by atoms with Gasteiger partial charge in [0.25, 0.3) is 0 Å². The smallest absolute Gasteiger partial charge is 0.248 e. The maximum Gasteiger partial charge on any atom is 0.248 e. The minimum atomic E-state index is -0.529. The molecule has 5 rings (SSSR count). The fourth-order valence-corrected chi connectivity index (χ4v) is 5.63. The Kier molecular flexibility index (Phi) is 4.02. The zero-order valence-corrected chi connectivity index (χ0v) is 15.5. The van der Waals surface area contributed by atoms with E-state index < -0.39 is 17.9 Å². The second-order valence-corrected chi connectivity index (χ2v) is 8.99. The Bertz CT molecular complexity index is 776. The normalized spacial score (nSPS) is 33.3. The number of amides is 2. The number of carbonyl (C=O) groups is 2. The second kappa shape index (κ2) is 6.31. The second-order valence-electron chi connectivity index (χ2n) is 8.99. The van der Waals surface area contributed by atoms with Crippen LogP contribution in [0.2, 0.25) is 0 Å². The molecule has 1 aromatic rings. The van der Waals surface area contributed by atoms with Gasteiger partial charge in [-0.25, -0.2) is 5.48 Å². The molecule has 2 amide bonds. The molecule has 2 unspecified atom stereocenters. The Balaban J connectivity index is 1.34. The van der Waals surface area contributed by atoms with Crippen LogP contribution in [0.5, 0.6) is 0 Å². The van der Waals surface area contributed by atoms with Gasteiger partial charge in [-0.1, -0.05) is 24.3 Å². The van der Waals surface area contributed by atoms with Crippen molar-refractivity contribution in [2.24, 2.45) is 17.3 Å². The number of piperidine rings is 1. The molecule has 4 atom stereocenters. The summed E-state index contributed by atoms with van der Waals surface area (Å²) < 4.78 is 0. The number of nitrogens with zero attached hydrogens (tertiary/aromatic N) is 1. The summed E-state index contributed by atoms with van der Waals surface area (Å²) in [5.74, 6) is 0.00291. The predicted molar refractivity (Wildman–Crippen MR) is 99.1 cm³/mol. The minimum absolute atomic E-state index is 0.0194. The molecule has 6 nitrogen and oxygen atoms in total. The molecule has 0 bridgehead atoms. The lowest BCUT2D eigenvalue weighted by atomic mass is 9.77. The van der Waals surface area contributed by atoms with Crippen molar-refractivity contribution in [2.45, 2.75) is 44.1 Å². The van der Waals surface area contributed by atoms with Crippen LogP contribution in [0, 0.1) is 17.3 Å². The van der Waals surface area contributed by atoms with Crippen molar-refractivity contribution < 1.29 is 14.8 Å². The van der Waals surface area contributed by atoms with Gasteiger partial charge in [-0.2, -0.15) is 0 Å². The Hall–Kier alpha value is -1.92. The first-order valence-corrected chi connectivity index (χ1v) is 10.1. The van der Waals surface area contributed by atoms with E-state index in [4.69, 9.17) is 5.21 Å². The van der Waals surface area contributed by atoms with Gasteiger partial charge in [0, 0.05) is 25.6 Å². The number of rotatable bonds is 2. The van der Waals surface area contributed by atoms with Crippen LogP contribution in [0.25, 0.3) is 0 Å². The zero-order valence-electron chi connectivity index (χ0n) is 15.5. The van der Waals surface area contributed by atoms with Crippen LogP contribution in [0.3, 0.4) is 0 Å². The lowest BCUT2D eigenvalue weighted by Crippen LogP contribution is -2.58. The highest BCUT2D eigenvalue weighted by Crippen LogP contribution is 2.53. The summed E-state index contributed by atoms with van der Waals surface area (Å²) >= 11 is 0. The van der Waals surface area contributed by atoms with Gasteiger partial charge in [0.1, 0.15) is 0 Å². The van der Waals surface area contributed by atoms with Gasteiger partial charge in [-0.3, -0.25) is 14.8 Å².